The Kier molecular flexibility index (Phi) is 5.16. The molecule has 3 saturated carbocycles. The lowest BCUT2D eigenvalue weighted by molar-refractivity contribution is -0.167. The normalized spacial score (nSPS) is 27.4. The molecule has 2 bridgehead atoms. The van der Waals surface area contributed by atoms with E-state index in [9.17, 15) is 13.6 Å². The van der Waals surface area contributed by atoms with Gasteiger partial charge in [-0.2, -0.15) is 0 Å². The molecule has 1 aromatic heterocycles. The lowest BCUT2D eigenvalue weighted by Gasteiger charge is -2.71. The van der Waals surface area contributed by atoms with Crippen LogP contribution in [0.5, 0.6) is 5.88 Å². The Bertz CT molecular complexity index is 716. The van der Waals surface area contributed by atoms with Crippen molar-refractivity contribution in [3.8, 4) is 5.88 Å². The fourth-order valence-electron chi connectivity index (χ4n) is 4.39. The van der Waals surface area contributed by atoms with E-state index in [0.717, 1.165) is 25.7 Å². The molecule has 0 spiro atoms. The van der Waals surface area contributed by atoms with Crippen molar-refractivity contribution in [1.29, 1.82) is 0 Å². The monoisotopic (exact) mass is 446 g/mol. The molecule has 0 radical (unpaired) electrons. The number of alkyl carbamates (subject to hydrolysis) is 1. The first-order valence-corrected chi connectivity index (χ1v) is 9.82. The Hall–Kier alpha value is -1.44. The number of pyridine rings is 1. The van der Waals surface area contributed by atoms with Crippen molar-refractivity contribution >= 4 is 22.0 Å². The SMILES string of the molecule is CC(CC12CC(NC(=O)OC(C)(C)C)(C1)C2)Oc1cc(Br)cc(C(F)F)n1. The Morgan fingerprint density at radius 3 is 2.52 bits per heavy atom. The van der Waals surface area contributed by atoms with Crippen molar-refractivity contribution < 1.29 is 23.0 Å². The van der Waals surface area contributed by atoms with Gasteiger partial charge in [-0.15, -0.1) is 0 Å². The molecule has 150 valence electrons. The zero-order valence-corrected chi connectivity index (χ0v) is 17.5. The number of amides is 1. The van der Waals surface area contributed by atoms with E-state index in [1.807, 2.05) is 27.7 Å². The molecule has 1 N–H and O–H groups in total. The van der Waals surface area contributed by atoms with E-state index in [-0.39, 0.29) is 34.7 Å². The molecule has 3 fully saturated rings. The summed E-state index contributed by atoms with van der Waals surface area (Å²) in [4.78, 5) is 15.8. The van der Waals surface area contributed by atoms with Crippen LogP contribution in [0.1, 0.15) is 65.5 Å². The maximum absolute atomic E-state index is 12.9. The highest BCUT2D eigenvalue weighted by molar-refractivity contribution is 9.10. The summed E-state index contributed by atoms with van der Waals surface area (Å²) in [5.41, 5.74) is -0.829. The molecule has 1 unspecified atom stereocenters. The first-order valence-electron chi connectivity index (χ1n) is 9.03. The zero-order valence-electron chi connectivity index (χ0n) is 15.9. The van der Waals surface area contributed by atoms with Gasteiger partial charge in [0.1, 0.15) is 11.3 Å². The van der Waals surface area contributed by atoms with Gasteiger partial charge in [0.25, 0.3) is 6.43 Å². The molecule has 1 atom stereocenters. The largest absolute Gasteiger partial charge is 0.475 e. The average molecular weight is 447 g/mol. The molecule has 27 heavy (non-hydrogen) atoms. The van der Waals surface area contributed by atoms with Gasteiger partial charge >= 0.3 is 6.09 Å². The summed E-state index contributed by atoms with van der Waals surface area (Å²) in [6.45, 7) is 7.43. The number of hydrogen-bond donors (Lipinski definition) is 1. The van der Waals surface area contributed by atoms with Crippen LogP contribution in [0.15, 0.2) is 16.6 Å². The third-order valence-corrected chi connectivity index (χ3v) is 5.42. The number of carbonyl (C=O) groups is 1. The zero-order chi connectivity index (χ0) is 20.0. The topological polar surface area (TPSA) is 60.5 Å². The Balaban J connectivity index is 1.49. The lowest BCUT2D eigenvalue weighted by Crippen LogP contribution is -2.75. The number of halogens is 3. The number of carbonyl (C=O) groups excluding carboxylic acids is 1. The van der Waals surface area contributed by atoms with E-state index in [4.69, 9.17) is 9.47 Å². The maximum atomic E-state index is 12.9. The fraction of sp³-hybridized carbons (Fsp3) is 0.684. The minimum absolute atomic E-state index is 0.145. The predicted octanol–water partition coefficient (Wildman–Crippen LogP) is 5.39. The molecule has 0 aromatic carbocycles. The summed E-state index contributed by atoms with van der Waals surface area (Å²) in [5.74, 6) is 0.195. The summed E-state index contributed by atoms with van der Waals surface area (Å²) in [7, 11) is 0. The minimum atomic E-state index is -2.64. The van der Waals surface area contributed by atoms with Crippen molar-refractivity contribution in [2.24, 2.45) is 5.41 Å². The second kappa shape index (κ2) is 6.87. The quantitative estimate of drug-likeness (QED) is 0.636. The fourth-order valence-corrected chi connectivity index (χ4v) is 4.82. The first-order chi connectivity index (χ1) is 12.4. The number of aromatic nitrogens is 1. The number of rotatable bonds is 6. The van der Waals surface area contributed by atoms with Gasteiger partial charge in [0.15, 0.2) is 0 Å². The molecule has 1 heterocycles. The van der Waals surface area contributed by atoms with Gasteiger partial charge in [0.05, 0.1) is 6.10 Å². The van der Waals surface area contributed by atoms with Gasteiger partial charge in [-0.3, -0.25) is 0 Å². The number of hydrogen-bond acceptors (Lipinski definition) is 4. The Morgan fingerprint density at radius 1 is 1.33 bits per heavy atom. The molecule has 0 aliphatic heterocycles. The van der Waals surface area contributed by atoms with Gasteiger partial charge in [-0.1, -0.05) is 15.9 Å². The number of alkyl halides is 2. The van der Waals surface area contributed by atoms with E-state index in [1.165, 1.54) is 6.07 Å². The standard InChI is InChI=1S/C19H25BrF2N2O3/c1-11(26-14-6-12(20)5-13(23-14)15(21)22)7-18-8-19(9-18,10-18)24-16(25)27-17(2,3)4/h5-6,11,15H,7-10H2,1-4H3,(H,24,25). The molecule has 1 aromatic rings. The van der Waals surface area contributed by atoms with E-state index in [0.29, 0.717) is 4.47 Å². The molecule has 0 saturated heterocycles. The molecule has 1 amide bonds. The first kappa shape index (κ1) is 20.3. The van der Waals surface area contributed by atoms with Crippen LogP contribution in [-0.4, -0.2) is 28.3 Å². The lowest BCUT2D eigenvalue weighted by atomic mass is 9.38. The van der Waals surface area contributed by atoms with Crippen LogP contribution in [0, 0.1) is 5.41 Å². The highest BCUT2D eigenvalue weighted by atomic mass is 79.9. The number of nitrogens with zero attached hydrogens (tertiary/aromatic N) is 1. The summed E-state index contributed by atoms with van der Waals surface area (Å²) >= 11 is 3.21. The van der Waals surface area contributed by atoms with Crippen LogP contribution in [-0.2, 0) is 4.74 Å². The van der Waals surface area contributed by atoms with Crippen molar-refractivity contribution in [1.82, 2.24) is 10.3 Å². The Morgan fingerprint density at radius 2 is 1.96 bits per heavy atom. The second-order valence-corrected chi connectivity index (χ2v) is 9.83. The minimum Gasteiger partial charge on any atom is -0.475 e. The smallest absolute Gasteiger partial charge is 0.408 e. The maximum Gasteiger partial charge on any atom is 0.408 e. The van der Waals surface area contributed by atoms with Crippen LogP contribution in [0.4, 0.5) is 13.6 Å². The Labute approximate surface area is 166 Å². The van der Waals surface area contributed by atoms with Crippen molar-refractivity contribution in [3.63, 3.8) is 0 Å². The van der Waals surface area contributed by atoms with E-state index in [1.54, 1.807) is 6.07 Å². The van der Waals surface area contributed by atoms with E-state index in [2.05, 4.69) is 26.2 Å². The average Bonchev–Trinajstić information content (AvgIpc) is 2.40. The van der Waals surface area contributed by atoms with Gasteiger partial charge in [-0.05, 0) is 64.9 Å². The summed E-state index contributed by atoms with van der Waals surface area (Å²) < 4.78 is 37.4. The van der Waals surface area contributed by atoms with Gasteiger partial charge in [-0.25, -0.2) is 18.6 Å². The molecule has 3 aliphatic carbocycles. The molecule has 5 nitrogen and oxygen atoms in total. The van der Waals surface area contributed by atoms with Gasteiger partial charge in [0, 0.05) is 16.1 Å². The number of nitrogens with one attached hydrogen (secondary N) is 1. The van der Waals surface area contributed by atoms with E-state index < -0.39 is 12.0 Å². The van der Waals surface area contributed by atoms with Gasteiger partial charge < -0.3 is 14.8 Å². The van der Waals surface area contributed by atoms with Crippen molar-refractivity contribution in [3.05, 3.63) is 22.3 Å². The summed E-state index contributed by atoms with van der Waals surface area (Å²) in [6, 6.07) is 2.88. The number of ether oxygens (including phenoxy) is 2. The highest BCUT2D eigenvalue weighted by Gasteiger charge is 2.68. The predicted molar refractivity (Wildman–Crippen MR) is 100.0 cm³/mol. The van der Waals surface area contributed by atoms with Crippen LogP contribution in [0.2, 0.25) is 0 Å². The molecular formula is C19H25BrF2N2O3. The summed E-state index contributed by atoms with van der Waals surface area (Å²) in [6.07, 6.45) is 0.290. The highest BCUT2D eigenvalue weighted by Crippen LogP contribution is 2.69. The van der Waals surface area contributed by atoms with E-state index >= 15 is 0 Å². The third-order valence-electron chi connectivity index (χ3n) is 4.96. The van der Waals surface area contributed by atoms with Crippen molar-refractivity contribution in [2.75, 3.05) is 0 Å². The summed E-state index contributed by atoms with van der Waals surface area (Å²) in [5, 5.41) is 2.99. The second-order valence-electron chi connectivity index (χ2n) is 8.92. The van der Waals surface area contributed by atoms with Crippen LogP contribution in [0.25, 0.3) is 0 Å². The van der Waals surface area contributed by atoms with Crippen molar-refractivity contribution in [2.45, 2.75) is 77.0 Å². The molecule has 8 heteroatoms. The van der Waals surface area contributed by atoms with Crippen LogP contribution in [0.3, 0.4) is 0 Å². The van der Waals surface area contributed by atoms with Crippen LogP contribution >= 0.6 is 15.9 Å². The molecule has 3 aliphatic rings. The molecular weight excluding hydrogens is 422 g/mol. The third kappa shape index (κ3) is 4.70. The molecule has 4 rings (SSSR count). The van der Waals surface area contributed by atoms with Crippen LogP contribution < -0.4 is 10.1 Å². The van der Waals surface area contributed by atoms with Gasteiger partial charge in [0.2, 0.25) is 5.88 Å².